The summed E-state index contributed by atoms with van der Waals surface area (Å²) in [6.07, 6.45) is 1.68. The molecule has 0 radical (unpaired) electrons. The van der Waals surface area contributed by atoms with Crippen LogP contribution in [0.1, 0.15) is 5.56 Å². The van der Waals surface area contributed by atoms with Crippen molar-refractivity contribution in [2.45, 2.75) is 6.54 Å². The molecule has 0 aliphatic rings. The van der Waals surface area contributed by atoms with Crippen molar-refractivity contribution in [3.05, 3.63) is 78.5 Å². The summed E-state index contributed by atoms with van der Waals surface area (Å²) in [6, 6.07) is 20.8. The fourth-order valence-electron chi connectivity index (χ4n) is 2.34. The third-order valence-electron chi connectivity index (χ3n) is 3.51. The van der Waals surface area contributed by atoms with Gasteiger partial charge in [0.25, 0.3) is 0 Å². The quantitative estimate of drug-likeness (QED) is 0.638. The summed E-state index contributed by atoms with van der Waals surface area (Å²) in [5, 5.41) is 3.31. The molecule has 0 atom stereocenters. The fourth-order valence-corrected chi connectivity index (χ4v) is 2.34. The third kappa shape index (κ3) is 4.70. The fraction of sp³-hybridized carbons (Fsp3) is 0.150. The Hall–Kier alpha value is -3.08. The number of nitrogens with one attached hydrogen (secondary N) is 1. The summed E-state index contributed by atoms with van der Waals surface area (Å²) in [4.78, 5) is 4.29. The average Bonchev–Trinajstić information content (AvgIpc) is 2.67. The van der Waals surface area contributed by atoms with Gasteiger partial charge in [-0.2, -0.15) is 0 Å². The SMILES string of the molecule is FCCOc1ccccc1CNc1cccnc1Oc1ccccc1. The van der Waals surface area contributed by atoms with E-state index in [1.54, 1.807) is 6.20 Å². The van der Waals surface area contributed by atoms with Crippen LogP contribution >= 0.6 is 0 Å². The molecule has 0 aliphatic carbocycles. The zero-order valence-electron chi connectivity index (χ0n) is 13.7. The van der Waals surface area contributed by atoms with Gasteiger partial charge in [0.1, 0.15) is 24.8 Å². The van der Waals surface area contributed by atoms with Crippen molar-refractivity contribution in [3.8, 4) is 17.4 Å². The second-order valence-corrected chi connectivity index (χ2v) is 5.27. The van der Waals surface area contributed by atoms with Crippen LogP contribution in [0, 0.1) is 0 Å². The standard InChI is InChI=1S/C20H19FN2O2/c21-12-14-24-19-11-5-4-7-16(19)15-23-18-10-6-13-22-20(18)25-17-8-2-1-3-9-17/h1-11,13,23H,12,14-15H2. The Kier molecular flexibility index (Phi) is 5.82. The van der Waals surface area contributed by atoms with Gasteiger partial charge in [-0.3, -0.25) is 0 Å². The molecule has 3 rings (SSSR count). The van der Waals surface area contributed by atoms with Gasteiger partial charge in [-0.05, 0) is 30.3 Å². The molecule has 0 unspecified atom stereocenters. The van der Waals surface area contributed by atoms with E-state index >= 15 is 0 Å². The predicted octanol–water partition coefficient (Wildman–Crippen LogP) is 4.83. The number of para-hydroxylation sites is 2. The number of rotatable bonds is 8. The minimum absolute atomic E-state index is 0.0479. The molecule has 1 heterocycles. The van der Waals surface area contributed by atoms with Crippen LogP contribution in [0.5, 0.6) is 17.4 Å². The van der Waals surface area contributed by atoms with Crippen molar-refractivity contribution >= 4 is 5.69 Å². The Morgan fingerprint density at radius 1 is 0.920 bits per heavy atom. The van der Waals surface area contributed by atoms with E-state index in [-0.39, 0.29) is 6.61 Å². The molecule has 1 N–H and O–H groups in total. The number of halogens is 1. The summed E-state index contributed by atoms with van der Waals surface area (Å²) < 4.78 is 23.6. The molecular formula is C20H19FN2O2. The van der Waals surface area contributed by atoms with Crippen LogP contribution < -0.4 is 14.8 Å². The number of alkyl halides is 1. The summed E-state index contributed by atoms with van der Waals surface area (Å²) in [7, 11) is 0. The number of nitrogens with zero attached hydrogens (tertiary/aromatic N) is 1. The van der Waals surface area contributed by atoms with E-state index in [1.807, 2.05) is 66.7 Å². The first-order valence-corrected chi connectivity index (χ1v) is 8.05. The molecule has 128 valence electrons. The normalized spacial score (nSPS) is 10.3. The van der Waals surface area contributed by atoms with Gasteiger partial charge in [-0.25, -0.2) is 9.37 Å². The van der Waals surface area contributed by atoms with Crippen LogP contribution in [-0.4, -0.2) is 18.3 Å². The van der Waals surface area contributed by atoms with E-state index in [1.165, 1.54) is 0 Å². The van der Waals surface area contributed by atoms with Crippen LogP contribution in [0.4, 0.5) is 10.1 Å². The second-order valence-electron chi connectivity index (χ2n) is 5.27. The third-order valence-corrected chi connectivity index (χ3v) is 3.51. The minimum atomic E-state index is -0.514. The number of aromatic nitrogens is 1. The van der Waals surface area contributed by atoms with E-state index in [9.17, 15) is 4.39 Å². The van der Waals surface area contributed by atoms with Crippen molar-refractivity contribution in [3.63, 3.8) is 0 Å². The molecule has 2 aromatic carbocycles. The molecule has 0 fully saturated rings. The van der Waals surface area contributed by atoms with Crippen LogP contribution in [-0.2, 0) is 6.54 Å². The predicted molar refractivity (Wildman–Crippen MR) is 96.0 cm³/mol. The lowest BCUT2D eigenvalue weighted by molar-refractivity contribution is 0.271. The highest BCUT2D eigenvalue weighted by atomic mass is 19.1. The number of anilines is 1. The maximum atomic E-state index is 12.4. The van der Waals surface area contributed by atoms with E-state index < -0.39 is 6.67 Å². The van der Waals surface area contributed by atoms with Crippen molar-refractivity contribution in [2.75, 3.05) is 18.6 Å². The van der Waals surface area contributed by atoms with Crippen LogP contribution in [0.3, 0.4) is 0 Å². The number of ether oxygens (including phenoxy) is 2. The summed E-state index contributed by atoms with van der Waals surface area (Å²) in [5.41, 5.74) is 1.71. The molecule has 25 heavy (non-hydrogen) atoms. The molecule has 3 aromatic rings. The maximum absolute atomic E-state index is 12.4. The van der Waals surface area contributed by atoms with Crippen molar-refractivity contribution in [2.24, 2.45) is 0 Å². The zero-order valence-corrected chi connectivity index (χ0v) is 13.7. The van der Waals surface area contributed by atoms with Gasteiger partial charge in [0.05, 0.1) is 5.69 Å². The molecule has 0 bridgehead atoms. The van der Waals surface area contributed by atoms with Gasteiger partial charge in [-0.15, -0.1) is 0 Å². The zero-order chi connectivity index (χ0) is 17.3. The van der Waals surface area contributed by atoms with Gasteiger partial charge in [0.15, 0.2) is 0 Å². The first-order chi connectivity index (χ1) is 12.4. The Morgan fingerprint density at radius 3 is 2.56 bits per heavy atom. The van der Waals surface area contributed by atoms with Crippen LogP contribution in [0.15, 0.2) is 72.9 Å². The van der Waals surface area contributed by atoms with Crippen LogP contribution in [0.25, 0.3) is 0 Å². The molecule has 4 nitrogen and oxygen atoms in total. The van der Waals surface area contributed by atoms with Crippen LogP contribution in [0.2, 0.25) is 0 Å². The first kappa shape index (κ1) is 16.8. The monoisotopic (exact) mass is 338 g/mol. The van der Waals surface area contributed by atoms with Gasteiger partial charge < -0.3 is 14.8 Å². The first-order valence-electron chi connectivity index (χ1n) is 8.05. The Labute approximate surface area is 146 Å². The maximum Gasteiger partial charge on any atom is 0.242 e. The number of hydrogen-bond acceptors (Lipinski definition) is 4. The average molecular weight is 338 g/mol. The largest absolute Gasteiger partial charge is 0.491 e. The number of benzene rings is 2. The molecule has 1 aromatic heterocycles. The van der Waals surface area contributed by atoms with Gasteiger partial charge in [-0.1, -0.05) is 36.4 Å². The lowest BCUT2D eigenvalue weighted by atomic mass is 10.2. The molecule has 0 saturated carbocycles. The molecule has 0 spiro atoms. The topological polar surface area (TPSA) is 43.4 Å². The van der Waals surface area contributed by atoms with Crippen molar-refractivity contribution in [1.82, 2.24) is 4.98 Å². The molecule has 0 saturated heterocycles. The Balaban J connectivity index is 1.72. The van der Waals surface area contributed by atoms with E-state index in [0.29, 0.717) is 18.2 Å². The van der Waals surface area contributed by atoms with E-state index in [0.717, 1.165) is 17.0 Å². The van der Waals surface area contributed by atoms with Crippen molar-refractivity contribution in [1.29, 1.82) is 0 Å². The lowest BCUT2D eigenvalue weighted by Gasteiger charge is -2.14. The van der Waals surface area contributed by atoms with E-state index in [2.05, 4.69) is 10.3 Å². The highest BCUT2D eigenvalue weighted by Gasteiger charge is 2.08. The summed E-state index contributed by atoms with van der Waals surface area (Å²) in [6.45, 7) is 0.0466. The highest BCUT2D eigenvalue weighted by molar-refractivity contribution is 5.54. The highest BCUT2D eigenvalue weighted by Crippen LogP contribution is 2.28. The van der Waals surface area contributed by atoms with Gasteiger partial charge in [0.2, 0.25) is 5.88 Å². The lowest BCUT2D eigenvalue weighted by Crippen LogP contribution is -2.06. The number of pyridine rings is 1. The van der Waals surface area contributed by atoms with Gasteiger partial charge >= 0.3 is 0 Å². The minimum Gasteiger partial charge on any atom is -0.491 e. The van der Waals surface area contributed by atoms with E-state index in [4.69, 9.17) is 9.47 Å². The smallest absolute Gasteiger partial charge is 0.242 e. The summed E-state index contributed by atoms with van der Waals surface area (Å²) >= 11 is 0. The molecular weight excluding hydrogens is 319 g/mol. The number of hydrogen-bond donors (Lipinski definition) is 1. The Bertz CT molecular complexity index is 796. The van der Waals surface area contributed by atoms with Gasteiger partial charge in [0, 0.05) is 18.3 Å². The van der Waals surface area contributed by atoms with Crippen molar-refractivity contribution < 1.29 is 13.9 Å². The Morgan fingerprint density at radius 2 is 1.72 bits per heavy atom. The molecule has 0 amide bonds. The molecule has 5 heteroatoms. The molecule has 0 aliphatic heterocycles. The second kappa shape index (κ2) is 8.68. The summed E-state index contributed by atoms with van der Waals surface area (Å²) in [5.74, 6) is 1.88.